The van der Waals surface area contributed by atoms with Crippen molar-refractivity contribution in [2.45, 2.75) is 6.61 Å². The number of carbonyl (C=O) groups excluding carboxylic acids is 1. The number of aliphatic hydroxyl groups excluding tert-OH is 1. The second-order valence-electron chi connectivity index (χ2n) is 3.51. The molecule has 88 valence electrons. The summed E-state index contributed by atoms with van der Waals surface area (Å²) in [5.74, 6) is -0.312. The van der Waals surface area contributed by atoms with Crippen molar-refractivity contribution in [2.75, 3.05) is 7.11 Å². The van der Waals surface area contributed by atoms with Gasteiger partial charge in [-0.25, -0.2) is 4.79 Å². The molecule has 0 atom stereocenters. The van der Waals surface area contributed by atoms with Gasteiger partial charge in [-0.3, -0.25) is 0 Å². The summed E-state index contributed by atoms with van der Waals surface area (Å²) < 4.78 is 4.66. The lowest BCUT2D eigenvalue weighted by Gasteiger charge is -1.99. The highest BCUT2D eigenvalue weighted by Gasteiger charge is 2.09. The number of aliphatic hydroxyl groups is 1. The van der Waals surface area contributed by atoms with Gasteiger partial charge in [0.15, 0.2) is 0 Å². The molecule has 2 aromatic rings. The number of thiophene rings is 1. The second kappa shape index (κ2) is 5.12. The predicted octanol–water partition coefficient (Wildman–Crippen LogP) is 2.69. The lowest BCUT2D eigenvalue weighted by atomic mass is 10.1. The Morgan fingerprint density at radius 3 is 2.53 bits per heavy atom. The third-order valence-electron chi connectivity index (χ3n) is 2.41. The number of methoxy groups -OCH3 is 1. The third kappa shape index (κ3) is 2.54. The van der Waals surface area contributed by atoms with Crippen LogP contribution in [0, 0.1) is 0 Å². The van der Waals surface area contributed by atoms with Crippen molar-refractivity contribution in [3.63, 3.8) is 0 Å². The molecule has 0 unspecified atom stereocenters. The Labute approximate surface area is 103 Å². The summed E-state index contributed by atoms with van der Waals surface area (Å²) in [5, 5.41) is 8.95. The average Bonchev–Trinajstić information content (AvgIpc) is 2.87. The lowest BCUT2D eigenvalue weighted by molar-refractivity contribution is 0.0606. The fourth-order valence-corrected chi connectivity index (χ4v) is 2.41. The molecule has 0 aliphatic heterocycles. The molecule has 0 aliphatic rings. The second-order valence-corrected chi connectivity index (χ2v) is 4.59. The maximum absolute atomic E-state index is 11.3. The standard InChI is InChI=1S/C13H12O3S/c1-16-13(15)12-7-6-11(17-12)10-4-2-9(8-14)3-5-10/h2-7,14H,8H2,1H3. The largest absolute Gasteiger partial charge is 0.465 e. The molecule has 0 saturated carbocycles. The minimum Gasteiger partial charge on any atom is -0.465 e. The van der Waals surface area contributed by atoms with Crippen LogP contribution in [0.4, 0.5) is 0 Å². The van der Waals surface area contributed by atoms with Crippen molar-refractivity contribution < 1.29 is 14.6 Å². The Hall–Kier alpha value is -1.65. The van der Waals surface area contributed by atoms with E-state index in [9.17, 15) is 4.79 Å². The number of rotatable bonds is 3. The van der Waals surface area contributed by atoms with Crippen LogP contribution in [0.1, 0.15) is 15.2 Å². The third-order valence-corrected chi connectivity index (χ3v) is 3.53. The van der Waals surface area contributed by atoms with Gasteiger partial charge < -0.3 is 9.84 Å². The van der Waals surface area contributed by atoms with Gasteiger partial charge in [0.05, 0.1) is 13.7 Å². The molecule has 2 rings (SSSR count). The lowest BCUT2D eigenvalue weighted by Crippen LogP contribution is -1.96. The zero-order chi connectivity index (χ0) is 12.3. The van der Waals surface area contributed by atoms with E-state index >= 15 is 0 Å². The topological polar surface area (TPSA) is 46.5 Å². The van der Waals surface area contributed by atoms with Crippen LogP contribution in [0.2, 0.25) is 0 Å². The van der Waals surface area contributed by atoms with E-state index in [1.807, 2.05) is 30.3 Å². The fraction of sp³-hybridized carbons (Fsp3) is 0.154. The van der Waals surface area contributed by atoms with Gasteiger partial charge in [0.25, 0.3) is 0 Å². The van der Waals surface area contributed by atoms with Crippen LogP contribution in [0.5, 0.6) is 0 Å². The first-order valence-electron chi connectivity index (χ1n) is 5.13. The summed E-state index contributed by atoms with van der Waals surface area (Å²) in [7, 11) is 1.37. The summed E-state index contributed by atoms with van der Waals surface area (Å²) in [5.41, 5.74) is 1.90. The minimum absolute atomic E-state index is 0.0398. The summed E-state index contributed by atoms with van der Waals surface area (Å²) in [6.07, 6.45) is 0. The molecule has 1 N–H and O–H groups in total. The molecule has 0 fully saturated rings. The SMILES string of the molecule is COC(=O)c1ccc(-c2ccc(CO)cc2)s1. The minimum atomic E-state index is -0.312. The molecular formula is C13H12O3S. The van der Waals surface area contributed by atoms with E-state index in [1.165, 1.54) is 18.4 Å². The van der Waals surface area contributed by atoms with Crippen LogP contribution in [0.25, 0.3) is 10.4 Å². The van der Waals surface area contributed by atoms with Crippen molar-refractivity contribution >= 4 is 17.3 Å². The quantitative estimate of drug-likeness (QED) is 0.849. The highest BCUT2D eigenvalue weighted by Crippen LogP contribution is 2.28. The van der Waals surface area contributed by atoms with Gasteiger partial charge in [-0.1, -0.05) is 24.3 Å². The molecule has 17 heavy (non-hydrogen) atoms. The van der Waals surface area contributed by atoms with Crippen molar-refractivity contribution in [1.82, 2.24) is 0 Å². The van der Waals surface area contributed by atoms with Crippen LogP contribution >= 0.6 is 11.3 Å². The highest BCUT2D eigenvalue weighted by molar-refractivity contribution is 7.17. The zero-order valence-electron chi connectivity index (χ0n) is 9.34. The van der Waals surface area contributed by atoms with E-state index in [4.69, 9.17) is 5.11 Å². The Morgan fingerprint density at radius 1 is 1.24 bits per heavy atom. The molecule has 0 radical (unpaired) electrons. The van der Waals surface area contributed by atoms with E-state index < -0.39 is 0 Å². The van der Waals surface area contributed by atoms with Crippen molar-refractivity contribution in [1.29, 1.82) is 0 Å². The van der Waals surface area contributed by atoms with Gasteiger partial charge in [0.2, 0.25) is 0 Å². The molecule has 0 saturated heterocycles. The zero-order valence-corrected chi connectivity index (χ0v) is 10.2. The van der Waals surface area contributed by atoms with Crippen LogP contribution in [-0.2, 0) is 11.3 Å². The van der Waals surface area contributed by atoms with E-state index in [0.29, 0.717) is 4.88 Å². The van der Waals surface area contributed by atoms with Crippen LogP contribution < -0.4 is 0 Å². The monoisotopic (exact) mass is 248 g/mol. The van der Waals surface area contributed by atoms with E-state index in [1.54, 1.807) is 6.07 Å². The summed E-state index contributed by atoms with van der Waals surface area (Å²) in [4.78, 5) is 12.9. The molecule has 0 bridgehead atoms. The maximum atomic E-state index is 11.3. The smallest absolute Gasteiger partial charge is 0.348 e. The molecular weight excluding hydrogens is 236 g/mol. The van der Waals surface area contributed by atoms with Gasteiger partial charge in [-0.05, 0) is 23.3 Å². The van der Waals surface area contributed by atoms with Crippen molar-refractivity contribution in [3.05, 3.63) is 46.8 Å². The van der Waals surface area contributed by atoms with Gasteiger partial charge in [-0.15, -0.1) is 11.3 Å². The van der Waals surface area contributed by atoms with E-state index in [2.05, 4.69) is 4.74 Å². The molecule has 3 nitrogen and oxygen atoms in total. The van der Waals surface area contributed by atoms with Crippen LogP contribution in [-0.4, -0.2) is 18.2 Å². The fourth-order valence-electron chi connectivity index (χ4n) is 1.48. The van der Waals surface area contributed by atoms with E-state index in [0.717, 1.165) is 16.0 Å². The maximum Gasteiger partial charge on any atom is 0.348 e. The summed E-state index contributed by atoms with van der Waals surface area (Å²) >= 11 is 1.40. The molecule has 1 heterocycles. The molecule has 0 spiro atoms. The molecule has 4 heteroatoms. The summed E-state index contributed by atoms with van der Waals surface area (Å²) in [6, 6.07) is 11.2. The molecule has 1 aromatic carbocycles. The Balaban J connectivity index is 2.27. The summed E-state index contributed by atoms with van der Waals surface area (Å²) in [6.45, 7) is 0.0398. The van der Waals surface area contributed by atoms with Crippen molar-refractivity contribution in [2.24, 2.45) is 0 Å². The van der Waals surface area contributed by atoms with Gasteiger partial charge in [0, 0.05) is 4.88 Å². The van der Waals surface area contributed by atoms with Gasteiger partial charge in [-0.2, -0.15) is 0 Å². The Bertz CT molecular complexity index is 514. The highest BCUT2D eigenvalue weighted by atomic mass is 32.1. The number of benzene rings is 1. The number of hydrogen-bond acceptors (Lipinski definition) is 4. The number of hydrogen-bond donors (Lipinski definition) is 1. The first kappa shape index (κ1) is 11.8. The number of carbonyl (C=O) groups is 1. The molecule has 1 aromatic heterocycles. The van der Waals surface area contributed by atoms with Gasteiger partial charge in [0.1, 0.15) is 4.88 Å². The van der Waals surface area contributed by atoms with E-state index in [-0.39, 0.29) is 12.6 Å². The predicted molar refractivity (Wildman–Crippen MR) is 67.0 cm³/mol. The van der Waals surface area contributed by atoms with Crippen molar-refractivity contribution in [3.8, 4) is 10.4 Å². The number of ether oxygens (including phenoxy) is 1. The van der Waals surface area contributed by atoms with Crippen LogP contribution in [0.3, 0.4) is 0 Å². The Kier molecular flexibility index (Phi) is 3.56. The van der Waals surface area contributed by atoms with Gasteiger partial charge >= 0.3 is 5.97 Å². The first-order chi connectivity index (χ1) is 8.24. The molecule has 0 amide bonds. The Morgan fingerprint density at radius 2 is 1.94 bits per heavy atom. The average molecular weight is 248 g/mol. The van der Waals surface area contributed by atoms with Crippen LogP contribution in [0.15, 0.2) is 36.4 Å². The number of esters is 1. The first-order valence-corrected chi connectivity index (χ1v) is 5.94. The molecule has 0 aliphatic carbocycles. The normalized spacial score (nSPS) is 10.2.